The minimum Gasteiger partial charge on any atom is -0.494 e. The zero-order valence-corrected chi connectivity index (χ0v) is 32.4. The number of rotatable bonds is 24. The molecule has 0 aliphatic carbocycles. The van der Waals surface area contributed by atoms with Gasteiger partial charge in [-0.2, -0.15) is 26.3 Å². The van der Waals surface area contributed by atoms with E-state index in [4.69, 9.17) is 37.9 Å². The molecule has 0 saturated carbocycles. The molecule has 2 atom stereocenters. The monoisotopic (exact) mass is 826 g/mol. The summed E-state index contributed by atoms with van der Waals surface area (Å²) >= 11 is 0. The molecule has 2 fully saturated rings. The summed E-state index contributed by atoms with van der Waals surface area (Å²) in [6.45, 7) is 8.52. The van der Waals surface area contributed by atoms with E-state index in [0.29, 0.717) is 87.6 Å². The van der Waals surface area contributed by atoms with E-state index in [1.165, 1.54) is 0 Å². The van der Waals surface area contributed by atoms with Gasteiger partial charge in [0.15, 0.2) is 0 Å². The fraction of sp³-hybridized carbons (Fsp3) is 0.524. The first-order valence-electron chi connectivity index (χ1n) is 19.1. The van der Waals surface area contributed by atoms with E-state index in [9.17, 15) is 35.9 Å². The van der Waals surface area contributed by atoms with Crippen LogP contribution in [-0.4, -0.2) is 76.0 Å². The molecule has 2 saturated heterocycles. The van der Waals surface area contributed by atoms with Gasteiger partial charge in [0.1, 0.15) is 45.3 Å². The minimum absolute atomic E-state index is 0.0320. The Labute approximate surface area is 333 Å². The predicted molar refractivity (Wildman–Crippen MR) is 197 cm³/mol. The van der Waals surface area contributed by atoms with Gasteiger partial charge in [-0.25, -0.2) is 0 Å². The summed E-state index contributed by atoms with van der Waals surface area (Å²) in [6, 6.07) is 14.4. The molecule has 0 spiro atoms. The van der Waals surface area contributed by atoms with Crippen molar-refractivity contribution in [2.24, 2.45) is 0 Å². The normalized spacial score (nSPS) is 18.8. The maximum absolute atomic E-state index is 14.2. The zero-order chi connectivity index (χ0) is 41.8. The second-order valence-electron chi connectivity index (χ2n) is 14.7. The third kappa shape index (κ3) is 14.8. The largest absolute Gasteiger partial charge is 0.494 e. The quantitative estimate of drug-likeness (QED) is 0.0286. The van der Waals surface area contributed by atoms with Gasteiger partial charge in [-0.05, 0) is 99.9 Å². The summed E-state index contributed by atoms with van der Waals surface area (Å²) in [7, 11) is 0. The minimum atomic E-state index is -5.63. The molecular weight excluding hydrogens is 778 g/mol. The van der Waals surface area contributed by atoms with Crippen molar-refractivity contribution in [3.63, 3.8) is 0 Å². The Morgan fingerprint density at radius 3 is 1.24 bits per heavy atom. The number of alkyl halides is 6. The Morgan fingerprint density at radius 2 is 0.914 bits per heavy atom. The first-order chi connectivity index (χ1) is 27.5. The lowest BCUT2D eigenvalue weighted by Crippen LogP contribution is -2.22. The van der Waals surface area contributed by atoms with Crippen LogP contribution < -0.4 is 18.9 Å². The molecule has 0 amide bonds. The van der Waals surface area contributed by atoms with Gasteiger partial charge in [0.2, 0.25) is 0 Å². The maximum atomic E-state index is 14.2. The van der Waals surface area contributed by atoms with Crippen molar-refractivity contribution in [3.8, 4) is 23.0 Å². The van der Waals surface area contributed by atoms with Crippen molar-refractivity contribution < 1.29 is 73.8 Å². The fourth-order valence-electron chi connectivity index (χ4n) is 5.62. The number of carbonyl (C=O) groups is 2. The molecule has 0 bridgehead atoms. The van der Waals surface area contributed by atoms with Crippen LogP contribution in [0.5, 0.6) is 23.0 Å². The van der Waals surface area contributed by atoms with Crippen LogP contribution in [0.25, 0.3) is 0 Å². The van der Waals surface area contributed by atoms with Crippen LogP contribution in [0.1, 0.15) is 74.6 Å². The van der Waals surface area contributed by atoms with Crippen molar-refractivity contribution in [2.45, 2.75) is 88.8 Å². The Bertz CT molecular complexity index is 1660. The average molecular weight is 827 g/mol. The molecule has 16 heteroatoms. The van der Waals surface area contributed by atoms with Gasteiger partial charge >= 0.3 is 24.3 Å². The van der Waals surface area contributed by atoms with E-state index >= 15 is 0 Å². The van der Waals surface area contributed by atoms with Crippen molar-refractivity contribution >= 4 is 11.9 Å². The highest BCUT2D eigenvalue weighted by Crippen LogP contribution is 2.49. The van der Waals surface area contributed by atoms with E-state index in [0.717, 1.165) is 25.7 Å². The van der Waals surface area contributed by atoms with Gasteiger partial charge < -0.3 is 37.9 Å². The van der Waals surface area contributed by atoms with Crippen molar-refractivity contribution in [1.29, 1.82) is 0 Å². The summed E-state index contributed by atoms with van der Waals surface area (Å²) in [5.74, 6) is -3.96. The SMILES string of the molecule is CC1(COCCCCOc2ccc(CCC(=O)Oc3ccc(OC(=O)CCc4ccc(OCCCCOCC5(C)CO5)cc4)c(C(F)(F)F)c3C(F)(F)F)cc2)CO1. The van der Waals surface area contributed by atoms with Crippen LogP contribution in [0.4, 0.5) is 26.3 Å². The molecule has 2 heterocycles. The smallest absolute Gasteiger partial charge is 0.420 e. The number of unbranched alkanes of at least 4 members (excludes halogenated alkanes) is 2. The summed E-state index contributed by atoms with van der Waals surface area (Å²) in [4.78, 5) is 25.2. The summed E-state index contributed by atoms with van der Waals surface area (Å²) in [6.07, 6.45) is -8.95. The summed E-state index contributed by atoms with van der Waals surface area (Å²) in [5.41, 5.74) is -3.62. The van der Waals surface area contributed by atoms with Gasteiger partial charge in [-0.3, -0.25) is 9.59 Å². The van der Waals surface area contributed by atoms with Crippen LogP contribution >= 0.6 is 0 Å². The van der Waals surface area contributed by atoms with Crippen LogP contribution in [-0.2, 0) is 53.7 Å². The van der Waals surface area contributed by atoms with Crippen LogP contribution in [0, 0.1) is 0 Å². The van der Waals surface area contributed by atoms with Crippen molar-refractivity contribution in [3.05, 3.63) is 82.9 Å². The van der Waals surface area contributed by atoms with E-state index < -0.39 is 59.8 Å². The molecule has 58 heavy (non-hydrogen) atoms. The molecule has 5 rings (SSSR count). The van der Waals surface area contributed by atoms with E-state index in [2.05, 4.69) is 0 Å². The van der Waals surface area contributed by atoms with Gasteiger partial charge in [-0.15, -0.1) is 0 Å². The molecule has 3 aromatic rings. The second-order valence-corrected chi connectivity index (χ2v) is 14.7. The third-order valence-electron chi connectivity index (χ3n) is 9.22. The lowest BCUT2D eigenvalue weighted by atomic mass is 10.0. The lowest BCUT2D eigenvalue weighted by Gasteiger charge is -2.21. The highest BCUT2D eigenvalue weighted by molar-refractivity contribution is 5.75. The van der Waals surface area contributed by atoms with Crippen LogP contribution in [0.3, 0.4) is 0 Å². The third-order valence-corrected chi connectivity index (χ3v) is 9.22. The van der Waals surface area contributed by atoms with E-state index in [1.54, 1.807) is 48.5 Å². The molecule has 0 N–H and O–H groups in total. The number of aryl methyl sites for hydroxylation is 2. The number of epoxide rings is 2. The number of benzene rings is 3. The topological polar surface area (TPSA) is 115 Å². The summed E-state index contributed by atoms with van der Waals surface area (Å²) < 4.78 is 128. The van der Waals surface area contributed by atoms with Crippen LogP contribution in [0.15, 0.2) is 60.7 Å². The second kappa shape index (κ2) is 20.1. The number of carbonyl (C=O) groups excluding carboxylic acids is 2. The molecule has 0 radical (unpaired) electrons. The standard InChI is InChI=1S/C42H48F6O10/c1-39(27-55-39)25-51-21-3-5-23-53-31-13-7-29(8-14-31)11-19-35(49)57-33-17-18-34(38(42(46,47)48)37(33)41(43,44)45)58-36(50)20-12-30-9-15-32(16-10-30)54-24-6-4-22-52-26-40(2)28-56-40/h7-10,13-18H,3-6,11-12,19-28H2,1-2H3. The molecule has 2 aliphatic heterocycles. The fourth-order valence-corrected chi connectivity index (χ4v) is 5.62. The maximum Gasteiger partial charge on any atom is 0.420 e. The van der Waals surface area contributed by atoms with Gasteiger partial charge in [-0.1, -0.05) is 24.3 Å². The Kier molecular flexibility index (Phi) is 15.5. The Morgan fingerprint density at radius 1 is 0.569 bits per heavy atom. The predicted octanol–water partition coefficient (Wildman–Crippen LogP) is 8.73. The molecule has 318 valence electrons. The van der Waals surface area contributed by atoms with Gasteiger partial charge in [0, 0.05) is 26.1 Å². The Balaban J connectivity index is 1.07. The molecule has 3 aromatic carbocycles. The summed E-state index contributed by atoms with van der Waals surface area (Å²) in [5, 5.41) is 0. The number of esters is 2. The highest BCUT2D eigenvalue weighted by atomic mass is 19.4. The molecule has 0 aromatic heterocycles. The van der Waals surface area contributed by atoms with Gasteiger partial charge in [0.25, 0.3) is 0 Å². The van der Waals surface area contributed by atoms with Crippen molar-refractivity contribution in [1.82, 2.24) is 0 Å². The number of hydrogen-bond donors (Lipinski definition) is 0. The zero-order valence-electron chi connectivity index (χ0n) is 32.4. The lowest BCUT2D eigenvalue weighted by molar-refractivity contribution is -0.165. The van der Waals surface area contributed by atoms with Gasteiger partial charge in [0.05, 0.1) is 39.6 Å². The highest BCUT2D eigenvalue weighted by Gasteiger charge is 2.49. The molecular formula is C42H48F6O10. The molecule has 2 unspecified atom stereocenters. The van der Waals surface area contributed by atoms with Crippen LogP contribution in [0.2, 0.25) is 0 Å². The molecule has 2 aliphatic rings. The first-order valence-corrected chi connectivity index (χ1v) is 19.1. The van der Waals surface area contributed by atoms with Crippen molar-refractivity contribution in [2.75, 3.05) is 52.9 Å². The van der Waals surface area contributed by atoms with E-state index in [1.807, 2.05) is 13.8 Å². The number of hydrogen-bond acceptors (Lipinski definition) is 10. The first kappa shape index (κ1) is 44.7. The Hall–Kier alpha value is -4.38. The number of halogens is 6. The molecule has 10 nitrogen and oxygen atoms in total. The number of ether oxygens (including phenoxy) is 8. The average Bonchev–Trinajstić information content (AvgIpc) is 4.10. The van der Waals surface area contributed by atoms with E-state index in [-0.39, 0.29) is 24.0 Å².